The van der Waals surface area contributed by atoms with Crippen molar-refractivity contribution >= 4 is 21.9 Å². The second kappa shape index (κ2) is 7.08. The van der Waals surface area contributed by atoms with Gasteiger partial charge in [-0.05, 0) is 33.6 Å². The molecule has 0 amide bonds. The lowest BCUT2D eigenvalue weighted by molar-refractivity contribution is -0.132. The highest BCUT2D eigenvalue weighted by Gasteiger charge is 2.26. The molecule has 1 aromatic rings. The van der Waals surface area contributed by atoms with Crippen LogP contribution in [0.15, 0.2) is 21.6 Å². The van der Waals surface area contributed by atoms with Crippen LogP contribution < -0.4 is 20.1 Å². The van der Waals surface area contributed by atoms with Crippen LogP contribution in [0.3, 0.4) is 0 Å². The highest BCUT2D eigenvalue weighted by molar-refractivity contribution is 9.10. The lowest BCUT2D eigenvalue weighted by Gasteiger charge is -2.13. The number of fused-ring (bicyclic) bond motifs is 1. The van der Waals surface area contributed by atoms with Crippen molar-refractivity contribution in [3.63, 3.8) is 0 Å². The van der Waals surface area contributed by atoms with Crippen LogP contribution in [0.5, 0.6) is 11.5 Å². The Hall–Kier alpha value is -1.64. The smallest absolute Gasteiger partial charge is 0.390 e. The largest absolute Gasteiger partial charge is 0.454 e. The molecular formula is C13H15BrF3N3O2. The molecule has 0 fully saturated rings. The number of hydrogen-bond acceptors (Lipinski definition) is 3. The molecule has 122 valence electrons. The van der Waals surface area contributed by atoms with Gasteiger partial charge in [0, 0.05) is 20.1 Å². The molecule has 1 aliphatic heterocycles. The van der Waals surface area contributed by atoms with Gasteiger partial charge in [0.05, 0.1) is 10.9 Å². The standard InChI is InChI=1S/C13H15BrF3N3O2/c1-18-12(19-3-2-13(15,16)17)20-6-8-4-9(14)11-10(5-8)21-7-22-11/h4-5H,2-3,6-7H2,1H3,(H2,18,19,20). The molecule has 1 aromatic carbocycles. The molecule has 0 saturated heterocycles. The van der Waals surface area contributed by atoms with Crippen molar-refractivity contribution in [2.75, 3.05) is 20.4 Å². The molecule has 0 spiro atoms. The normalized spacial score (nSPS) is 14.1. The van der Waals surface area contributed by atoms with Gasteiger partial charge in [-0.15, -0.1) is 0 Å². The molecule has 1 aliphatic rings. The van der Waals surface area contributed by atoms with Gasteiger partial charge in [0.2, 0.25) is 6.79 Å². The Morgan fingerprint density at radius 2 is 2.09 bits per heavy atom. The first-order valence-electron chi connectivity index (χ1n) is 6.48. The molecule has 2 rings (SSSR count). The first-order chi connectivity index (χ1) is 10.4. The van der Waals surface area contributed by atoms with E-state index in [1.54, 1.807) is 0 Å². The zero-order valence-electron chi connectivity index (χ0n) is 11.8. The Labute approximate surface area is 134 Å². The van der Waals surface area contributed by atoms with E-state index in [9.17, 15) is 13.2 Å². The summed E-state index contributed by atoms with van der Waals surface area (Å²) in [5.41, 5.74) is 0.884. The predicted molar refractivity (Wildman–Crippen MR) is 79.1 cm³/mol. The molecule has 5 nitrogen and oxygen atoms in total. The minimum atomic E-state index is -4.19. The molecule has 0 aliphatic carbocycles. The Morgan fingerprint density at radius 3 is 2.77 bits per heavy atom. The Kier molecular flexibility index (Phi) is 5.38. The lowest BCUT2D eigenvalue weighted by atomic mass is 10.2. The average Bonchev–Trinajstić information content (AvgIpc) is 2.90. The topological polar surface area (TPSA) is 54.9 Å². The third-order valence-corrected chi connectivity index (χ3v) is 3.46. The van der Waals surface area contributed by atoms with E-state index in [1.165, 1.54) is 7.05 Å². The molecule has 2 N–H and O–H groups in total. The van der Waals surface area contributed by atoms with Crippen molar-refractivity contribution in [1.29, 1.82) is 0 Å². The minimum Gasteiger partial charge on any atom is -0.454 e. The van der Waals surface area contributed by atoms with Gasteiger partial charge in [-0.25, -0.2) is 0 Å². The summed E-state index contributed by atoms with van der Waals surface area (Å²) >= 11 is 3.38. The van der Waals surface area contributed by atoms with Gasteiger partial charge in [0.25, 0.3) is 0 Å². The number of alkyl halides is 3. The number of aliphatic imine (C=N–C) groups is 1. The quantitative estimate of drug-likeness (QED) is 0.621. The van der Waals surface area contributed by atoms with Crippen molar-refractivity contribution in [2.45, 2.75) is 19.1 Å². The molecule has 0 bridgehead atoms. The number of nitrogens with one attached hydrogen (secondary N) is 2. The summed E-state index contributed by atoms with van der Waals surface area (Å²) in [7, 11) is 1.50. The van der Waals surface area contributed by atoms with E-state index in [4.69, 9.17) is 9.47 Å². The zero-order chi connectivity index (χ0) is 16.2. The van der Waals surface area contributed by atoms with Crippen LogP contribution in [0, 0.1) is 0 Å². The number of ether oxygens (including phenoxy) is 2. The van der Waals surface area contributed by atoms with Crippen LogP contribution in [0.2, 0.25) is 0 Å². The highest BCUT2D eigenvalue weighted by Crippen LogP contribution is 2.39. The summed E-state index contributed by atoms with van der Waals surface area (Å²) in [6.45, 7) is 0.334. The van der Waals surface area contributed by atoms with Gasteiger partial charge in [-0.2, -0.15) is 13.2 Å². The Morgan fingerprint density at radius 1 is 1.32 bits per heavy atom. The van der Waals surface area contributed by atoms with Crippen LogP contribution in [0.25, 0.3) is 0 Å². The van der Waals surface area contributed by atoms with E-state index < -0.39 is 12.6 Å². The molecule has 0 radical (unpaired) electrons. The van der Waals surface area contributed by atoms with E-state index in [0.717, 1.165) is 10.0 Å². The van der Waals surface area contributed by atoms with Crippen molar-refractivity contribution in [1.82, 2.24) is 10.6 Å². The number of nitrogens with zero attached hydrogens (tertiary/aromatic N) is 1. The second-order valence-electron chi connectivity index (χ2n) is 4.53. The Balaban J connectivity index is 1.87. The van der Waals surface area contributed by atoms with Crippen LogP contribution in [0.1, 0.15) is 12.0 Å². The SMILES string of the molecule is CN=C(NCCC(F)(F)F)NCc1cc(Br)c2c(c1)OCO2. The van der Waals surface area contributed by atoms with E-state index in [2.05, 4.69) is 31.6 Å². The number of guanidine groups is 1. The fourth-order valence-corrected chi connectivity index (χ4v) is 2.46. The molecule has 22 heavy (non-hydrogen) atoms. The Bertz CT molecular complexity index is 564. The molecular weight excluding hydrogens is 367 g/mol. The number of halogens is 4. The first kappa shape index (κ1) is 16.7. The third kappa shape index (κ3) is 4.69. The van der Waals surface area contributed by atoms with Gasteiger partial charge >= 0.3 is 6.18 Å². The summed E-state index contributed by atoms with van der Waals surface area (Å²) in [6.07, 6.45) is -5.10. The van der Waals surface area contributed by atoms with Crippen molar-refractivity contribution in [3.05, 3.63) is 22.2 Å². The fourth-order valence-electron chi connectivity index (χ4n) is 1.85. The van der Waals surface area contributed by atoms with Crippen LogP contribution in [-0.2, 0) is 6.54 Å². The summed E-state index contributed by atoms with van der Waals surface area (Å²) in [6, 6.07) is 3.66. The van der Waals surface area contributed by atoms with Gasteiger partial charge in [-0.1, -0.05) is 0 Å². The maximum Gasteiger partial charge on any atom is 0.390 e. The zero-order valence-corrected chi connectivity index (χ0v) is 13.3. The van der Waals surface area contributed by atoms with E-state index in [1.807, 2.05) is 12.1 Å². The van der Waals surface area contributed by atoms with Gasteiger partial charge < -0.3 is 20.1 Å². The number of rotatable bonds is 4. The van der Waals surface area contributed by atoms with Gasteiger partial charge in [0.15, 0.2) is 17.5 Å². The number of hydrogen-bond donors (Lipinski definition) is 2. The molecule has 9 heteroatoms. The van der Waals surface area contributed by atoms with Gasteiger partial charge in [0.1, 0.15) is 0 Å². The number of benzene rings is 1. The molecule has 0 atom stereocenters. The summed E-state index contributed by atoms with van der Waals surface area (Å²) in [5, 5.41) is 5.56. The van der Waals surface area contributed by atoms with E-state index >= 15 is 0 Å². The van der Waals surface area contributed by atoms with E-state index in [-0.39, 0.29) is 13.3 Å². The highest BCUT2D eigenvalue weighted by atomic mass is 79.9. The minimum absolute atomic E-state index is 0.172. The monoisotopic (exact) mass is 381 g/mol. The summed E-state index contributed by atoms with van der Waals surface area (Å²) in [4.78, 5) is 3.88. The summed E-state index contributed by atoms with van der Waals surface area (Å²) < 4.78 is 47.7. The molecule has 0 aromatic heterocycles. The maximum absolute atomic E-state index is 12.1. The van der Waals surface area contributed by atoms with Crippen molar-refractivity contribution < 1.29 is 22.6 Å². The van der Waals surface area contributed by atoms with Crippen LogP contribution in [-0.4, -0.2) is 32.5 Å². The van der Waals surface area contributed by atoms with Crippen LogP contribution >= 0.6 is 15.9 Å². The van der Waals surface area contributed by atoms with Crippen molar-refractivity contribution in [3.8, 4) is 11.5 Å². The molecule has 0 saturated carbocycles. The summed E-state index contributed by atoms with van der Waals surface area (Å²) in [5.74, 6) is 1.58. The average molecular weight is 382 g/mol. The van der Waals surface area contributed by atoms with E-state index in [0.29, 0.717) is 24.0 Å². The molecule has 0 unspecified atom stereocenters. The lowest BCUT2D eigenvalue weighted by Crippen LogP contribution is -2.38. The van der Waals surface area contributed by atoms with Crippen LogP contribution in [0.4, 0.5) is 13.2 Å². The predicted octanol–water partition coefficient (Wildman–Crippen LogP) is 2.80. The fraction of sp³-hybridized carbons (Fsp3) is 0.462. The molecule has 1 heterocycles. The second-order valence-corrected chi connectivity index (χ2v) is 5.38. The van der Waals surface area contributed by atoms with Gasteiger partial charge in [-0.3, -0.25) is 4.99 Å². The van der Waals surface area contributed by atoms with Crippen molar-refractivity contribution in [2.24, 2.45) is 4.99 Å². The first-order valence-corrected chi connectivity index (χ1v) is 7.27. The maximum atomic E-state index is 12.1. The third-order valence-electron chi connectivity index (χ3n) is 2.87.